The first-order chi connectivity index (χ1) is 13.0. The highest BCUT2D eigenvalue weighted by atomic mass is 16.5. The molecule has 0 bridgehead atoms. The Kier molecular flexibility index (Phi) is 4.11. The van der Waals surface area contributed by atoms with Crippen LogP contribution in [0.2, 0.25) is 0 Å². The third kappa shape index (κ3) is 2.65. The first-order valence-corrected chi connectivity index (χ1v) is 8.95. The fourth-order valence-corrected chi connectivity index (χ4v) is 3.68. The molecule has 0 spiro atoms. The smallest absolute Gasteiger partial charge is 0.340 e. The first-order valence-electron chi connectivity index (χ1n) is 8.95. The van der Waals surface area contributed by atoms with Gasteiger partial charge in [0.05, 0.1) is 29.1 Å². The number of esters is 1. The molecule has 0 radical (unpaired) electrons. The molecule has 134 valence electrons. The number of carbonyl (C=O) groups excluding carboxylic acids is 2. The fraction of sp³-hybridized carbons (Fsp3) is 0.174. The number of hydrogen-bond donors (Lipinski definition) is 0. The monoisotopic (exact) mass is 357 g/mol. The molecule has 0 amide bonds. The average Bonchev–Trinajstić information content (AvgIpc) is 2.93. The molecule has 0 N–H and O–H groups in total. The van der Waals surface area contributed by atoms with Crippen LogP contribution in [-0.4, -0.2) is 23.3 Å². The Bertz CT molecular complexity index is 1100. The minimum atomic E-state index is -0.453. The van der Waals surface area contributed by atoms with Crippen LogP contribution in [0.25, 0.3) is 22.4 Å². The van der Waals surface area contributed by atoms with Gasteiger partial charge in [0.2, 0.25) is 0 Å². The third-order valence-electron chi connectivity index (χ3n) is 4.82. The van der Waals surface area contributed by atoms with E-state index in [2.05, 4.69) is 4.98 Å². The second kappa shape index (κ2) is 6.47. The van der Waals surface area contributed by atoms with E-state index in [9.17, 15) is 9.59 Å². The van der Waals surface area contributed by atoms with Crippen LogP contribution < -0.4 is 0 Å². The summed E-state index contributed by atoms with van der Waals surface area (Å²) >= 11 is 0. The lowest BCUT2D eigenvalue weighted by atomic mass is 9.91. The Hall–Kier alpha value is -3.27. The van der Waals surface area contributed by atoms with Crippen LogP contribution in [0.1, 0.15) is 44.5 Å². The molecule has 3 aromatic rings. The highest BCUT2D eigenvalue weighted by molar-refractivity contribution is 6.25. The topological polar surface area (TPSA) is 56.3 Å². The van der Waals surface area contributed by atoms with Crippen molar-refractivity contribution in [2.45, 2.75) is 20.8 Å². The highest BCUT2D eigenvalue weighted by Gasteiger charge is 2.35. The van der Waals surface area contributed by atoms with Crippen molar-refractivity contribution in [3.8, 4) is 22.4 Å². The van der Waals surface area contributed by atoms with Gasteiger partial charge in [-0.1, -0.05) is 54.1 Å². The van der Waals surface area contributed by atoms with Crippen LogP contribution in [0.15, 0.2) is 48.5 Å². The second-order valence-corrected chi connectivity index (χ2v) is 6.64. The van der Waals surface area contributed by atoms with Gasteiger partial charge in [0, 0.05) is 16.7 Å². The van der Waals surface area contributed by atoms with Crippen molar-refractivity contribution < 1.29 is 14.3 Å². The lowest BCUT2D eigenvalue weighted by Crippen LogP contribution is -2.13. The Morgan fingerprint density at radius 2 is 1.74 bits per heavy atom. The number of aryl methyl sites for hydroxylation is 2. The maximum absolute atomic E-state index is 13.2. The summed E-state index contributed by atoms with van der Waals surface area (Å²) in [7, 11) is 0. The number of carbonyl (C=O) groups is 2. The Balaban J connectivity index is 2.10. The molecule has 0 atom stereocenters. The van der Waals surface area contributed by atoms with Gasteiger partial charge in [0.15, 0.2) is 5.78 Å². The predicted octanol–water partition coefficient (Wildman–Crippen LogP) is 4.75. The minimum Gasteiger partial charge on any atom is -0.462 e. The molecule has 0 unspecified atom stereocenters. The molecule has 27 heavy (non-hydrogen) atoms. The van der Waals surface area contributed by atoms with Crippen molar-refractivity contribution in [2.75, 3.05) is 6.61 Å². The van der Waals surface area contributed by atoms with E-state index in [4.69, 9.17) is 4.74 Å². The number of ketones is 1. The molecule has 0 fully saturated rings. The van der Waals surface area contributed by atoms with E-state index >= 15 is 0 Å². The molecule has 1 aliphatic carbocycles. The fourth-order valence-electron chi connectivity index (χ4n) is 3.68. The number of pyridine rings is 1. The molecule has 1 heterocycles. The lowest BCUT2D eigenvalue weighted by Gasteiger charge is -2.16. The van der Waals surface area contributed by atoms with Gasteiger partial charge >= 0.3 is 5.97 Å². The molecule has 4 rings (SSSR count). The molecular weight excluding hydrogens is 338 g/mol. The summed E-state index contributed by atoms with van der Waals surface area (Å²) < 4.78 is 5.28. The molecule has 4 nitrogen and oxygen atoms in total. The van der Waals surface area contributed by atoms with Gasteiger partial charge in [-0.05, 0) is 26.3 Å². The van der Waals surface area contributed by atoms with Crippen LogP contribution in [0.5, 0.6) is 0 Å². The molecular formula is C23H19NO3. The van der Waals surface area contributed by atoms with Gasteiger partial charge in [0.25, 0.3) is 0 Å². The highest BCUT2D eigenvalue weighted by Crippen LogP contribution is 2.43. The van der Waals surface area contributed by atoms with Gasteiger partial charge in [-0.25, -0.2) is 4.79 Å². The van der Waals surface area contributed by atoms with Crippen LogP contribution in [0, 0.1) is 13.8 Å². The largest absolute Gasteiger partial charge is 0.462 e. The summed E-state index contributed by atoms with van der Waals surface area (Å²) in [6.07, 6.45) is 0. The van der Waals surface area contributed by atoms with E-state index < -0.39 is 5.97 Å². The van der Waals surface area contributed by atoms with Gasteiger partial charge in [-0.15, -0.1) is 0 Å². The van der Waals surface area contributed by atoms with Crippen molar-refractivity contribution in [3.05, 3.63) is 76.5 Å². The van der Waals surface area contributed by atoms with Crippen LogP contribution >= 0.6 is 0 Å². The summed E-state index contributed by atoms with van der Waals surface area (Å²) in [6.45, 7) is 5.80. The quantitative estimate of drug-likeness (QED) is 0.496. The first kappa shape index (κ1) is 17.2. The average molecular weight is 357 g/mol. The summed E-state index contributed by atoms with van der Waals surface area (Å²) in [5.74, 6) is -0.555. The maximum atomic E-state index is 13.2. The molecule has 0 saturated heterocycles. The van der Waals surface area contributed by atoms with Crippen molar-refractivity contribution in [3.63, 3.8) is 0 Å². The van der Waals surface area contributed by atoms with Crippen LogP contribution in [0.4, 0.5) is 0 Å². The second-order valence-electron chi connectivity index (χ2n) is 6.64. The number of hydrogen-bond acceptors (Lipinski definition) is 4. The number of ether oxygens (including phenoxy) is 1. The van der Waals surface area contributed by atoms with Crippen molar-refractivity contribution >= 4 is 11.8 Å². The number of aromatic nitrogens is 1. The molecule has 1 aromatic heterocycles. The van der Waals surface area contributed by atoms with E-state index in [1.54, 1.807) is 19.9 Å². The van der Waals surface area contributed by atoms with Crippen LogP contribution in [-0.2, 0) is 4.74 Å². The molecule has 2 aromatic carbocycles. The Labute approximate surface area is 157 Å². The number of rotatable bonds is 3. The van der Waals surface area contributed by atoms with E-state index in [0.29, 0.717) is 33.6 Å². The zero-order valence-electron chi connectivity index (χ0n) is 15.5. The normalized spacial score (nSPS) is 11.9. The molecule has 0 aliphatic heterocycles. The summed E-state index contributed by atoms with van der Waals surface area (Å²) in [5.41, 5.74) is 5.96. The van der Waals surface area contributed by atoms with E-state index in [0.717, 1.165) is 16.7 Å². The van der Waals surface area contributed by atoms with Gasteiger partial charge < -0.3 is 4.74 Å². The number of fused-ring (bicyclic) bond motifs is 3. The van der Waals surface area contributed by atoms with Crippen molar-refractivity contribution in [1.82, 2.24) is 4.98 Å². The predicted molar refractivity (Wildman–Crippen MR) is 104 cm³/mol. The minimum absolute atomic E-state index is 0.102. The standard InChI is InChI=1S/C23H19NO3/c1-4-27-23(26)18-14(3)24-21-16-10-5-6-11-17(16)22(25)20(21)19(18)15-9-7-8-13(2)12-15/h5-12H,4H2,1-3H3. The summed E-state index contributed by atoms with van der Waals surface area (Å²) in [4.78, 5) is 30.6. The molecule has 1 aliphatic rings. The van der Waals surface area contributed by atoms with Crippen molar-refractivity contribution in [2.24, 2.45) is 0 Å². The molecule has 4 heteroatoms. The molecule has 0 saturated carbocycles. The van der Waals surface area contributed by atoms with Gasteiger partial charge in [0.1, 0.15) is 0 Å². The summed E-state index contributed by atoms with van der Waals surface area (Å²) in [5, 5.41) is 0. The zero-order chi connectivity index (χ0) is 19.1. The Morgan fingerprint density at radius 1 is 1.00 bits per heavy atom. The Morgan fingerprint density at radius 3 is 2.44 bits per heavy atom. The van der Waals surface area contributed by atoms with Crippen LogP contribution in [0.3, 0.4) is 0 Å². The van der Waals surface area contributed by atoms with Crippen molar-refractivity contribution in [1.29, 1.82) is 0 Å². The van der Waals surface area contributed by atoms with E-state index in [1.165, 1.54) is 0 Å². The summed E-state index contributed by atoms with van der Waals surface area (Å²) in [6, 6.07) is 15.2. The van der Waals surface area contributed by atoms with Gasteiger partial charge in [-0.3, -0.25) is 9.78 Å². The number of benzene rings is 2. The van der Waals surface area contributed by atoms with E-state index in [-0.39, 0.29) is 12.4 Å². The zero-order valence-corrected chi connectivity index (χ0v) is 15.5. The van der Waals surface area contributed by atoms with Gasteiger partial charge in [-0.2, -0.15) is 0 Å². The maximum Gasteiger partial charge on any atom is 0.340 e. The van der Waals surface area contributed by atoms with E-state index in [1.807, 2.05) is 49.4 Å². The number of nitrogens with zero attached hydrogens (tertiary/aromatic N) is 1. The third-order valence-corrected chi connectivity index (χ3v) is 4.82. The SMILES string of the molecule is CCOC(=O)c1c(C)nc2c(c1-c1cccc(C)c1)C(=O)c1ccccc1-2. The lowest BCUT2D eigenvalue weighted by molar-refractivity contribution is 0.0526.